The van der Waals surface area contributed by atoms with Crippen molar-refractivity contribution < 1.29 is 8.42 Å². The van der Waals surface area contributed by atoms with Crippen LogP contribution in [-0.2, 0) is 16.4 Å². The van der Waals surface area contributed by atoms with Gasteiger partial charge in [-0.1, -0.05) is 13.8 Å². The van der Waals surface area contributed by atoms with Crippen molar-refractivity contribution in [1.29, 1.82) is 0 Å². The lowest BCUT2D eigenvalue weighted by molar-refractivity contribution is 0.579. The average Bonchev–Trinajstić information content (AvgIpc) is 2.73. The monoisotopic (exact) mass is 298 g/mol. The Hall–Kier alpha value is -0.140. The molecule has 2 N–H and O–H groups in total. The van der Waals surface area contributed by atoms with E-state index in [2.05, 4.69) is 10.0 Å². The third kappa shape index (κ3) is 5.35. The second kappa shape index (κ2) is 8.05. The molecule has 0 unspecified atom stereocenters. The maximum Gasteiger partial charge on any atom is 0.250 e. The van der Waals surface area contributed by atoms with Gasteiger partial charge >= 0.3 is 0 Å². The number of rotatable bonds is 7. The van der Waals surface area contributed by atoms with Crippen molar-refractivity contribution in [3.05, 3.63) is 17.0 Å². The lowest BCUT2D eigenvalue weighted by Gasteiger charge is -2.04. The first-order valence-corrected chi connectivity index (χ1v) is 7.69. The summed E-state index contributed by atoms with van der Waals surface area (Å²) in [5.74, 6) is 0. The van der Waals surface area contributed by atoms with E-state index in [9.17, 15) is 8.42 Å². The number of thiophene rings is 1. The number of nitrogens with one attached hydrogen (secondary N) is 2. The van der Waals surface area contributed by atoms with Gasteiger partial charge in [-0.05, 0) is 25.1 Å². The molecule has 100 valence electrons. The van der Waals surface area contributed by atoms with Gasteiger partial charge in [0.25, 0.3) is 0 Å². The Labute approximate surface area is 113 Å². The Bertz CT molecular complexity index is 418. The van der Waals surface area contributed by atoms with E-state index in [1.807, 2.05) is 19.9 Å². The van der Waals surface area contributed by atoms with Crippen LogP contribution in [0.2, 0.25) is 0 Å². The molecular weight excluding hydrogens is 280 g/mol. The van der Waals surface area contributed by atoms with Gasteiger partial charge in [-0.3, -0.25) is 0 Å². The molecule has 0 bridgehead atoms. The van der Waals surface area contributed by atoms with E-state index >= 15 is 0 Å². The van der Waals surface area contributed by atoms with Gasteiger partial charge in [0.2, 0.25) is 10.0 Å². The van der Waals surface area contributed by atoms with Gasteiger partial charge in [0.05, 0.1) is 0 Å². The SMILES string of the molecule is CCNCCNS(=O)(=O)c1ccc(CC)s1.Cl. The van der Waals surface area contributed by atoms with E-state index < -0.39 is 10.0 Å². The van der Waals surface area contributed by atoms with E-state index in [0.29, 0.717) is 17.3 Å². The van der Waals surface area contributed by atoms with Crippen LogP contribution < -0.4 is 10.0 Å². The summed E-state index contributed by atoms with van der Waals surface area (Å²) in [4.78, 5) is 1.09. The van der Waals surface area contributed by atoms with Crippen molar-refractivity contribution in [2.45, 2.75) is 24.5 Å². The maximum absolute atomic E-state index is 11.8. The molecule has 0 saturated heterocycles. The predicted molar refractivity (Wildman–Crippen MR) is 74.7 cm³/mol. The minimum atomic E-state index is -3.30. The predicted octanol–water partition coefficient (Wildman–Crippen LogP) is 1.62. The van der Waals surface area contributed by atoms with Crippen LogP contribution in [0.5, 0.6) is 0 Å². The number of sulfonamides is 1. The first-order chi connectivity index (χ1) is 7.60. The van der Waals surface area contributed by atoms with Crippen molar-refractivity contribution >= 4 is 33.8 Å². The summed E-state index contributed by atoms with van der Waals surface area (Å²) in [7, 11) is -3.30. The van der Waals surface area contributed by atoms with Gasteiger partial charge in [-0.25, -0.2) is 13.1 Å². The number of hydrogen-bond acceptors (Lipinski definition) is 4. The molecule has 0 aliphatic heterocycles. The summed E-state index contributed by atoms with van der Waals surface area (Å²) in [5.41, 5.74) is 0. The molecule has 0 saturated carbocycles. The van der Waals surface area contributed by atoms with E-state index in [1.54, 1.807) is 6.07 Å². The Morgan fingerprint density at radius 3 is 2.47 bits per heavy atom. The molecular formula is C10H19ClN2O2S2. The number of halogens is 1. The fraction of sp³-hybridized carbons (Fsp3) is 0.600. The largest absolute Gasteiger partial charge is 0.316 e. The lowest BCUT2D eigenvalue weighted by Crippen LogP contribution is -2.31. The summed E-state index contributed by atoms with van der Waals surface area (Å²) in [5, 5.41) is 3.07. The molecule has 1 rings (SSSR count). The molecule has 17 heavy (non-hydrogen) atoms. The smallest absolute Gasteiger partial charge is 0.250 e. The van der Waals surface area contributed by atoms with Crippen molar-refractivity contribution in [2.24, 2.45) is 0 Å². The summed E-state index contributed by atoms with van der Waals surface area (Å²) in [6.45, 7) is 5.93. The molecule has 1 heterocycles. The molecule has 0 radical (unpaired) electrons. The molecule has 4 nitrogen and oxygen atoms in total. The van der Waals surface area contributed by atoms with E-state index in [1.165, 1.54) is 11.3 Å². The first kappa shape index (κ1) is 16.9. The van der Waals surface area contributed by atoms with Crippen molar-refractivity contribution in [3.63, 3.8) is 0 Å². The van der Waals surface area contributed by atoms with E-state index in [0.717, 1.165) is 17.8 Å². The zero-order chi connectivity index (χ0) is 12.0. The topological polar surface area (TPSA) is 58.2 Å². The summed E-state index contributed by atoms with van der Waals surface area (Å²) >= 11 is 1.33. The lowest BCUT2D eigenvalue weighted by atomic mass is 10.4. The van der Waals surface area contributed by atoms with Crippen LogP contribution in [0.3, 0.4) is 0 Å². The first-order valence-electron chi connectivity index (χ1n) is 5.39. The average molecular weight is 299 g/mol. The molecule has 0 fully saturated rings. The molecule has 0 aliphatic rings. The van der Waals surface area contributed by atoms with Crippen molar-refractivity contribution in [2.75, 3.05) is 19.6 Å². The zero-order valence-electron chi connectivity index (χ0n) is 10.0. The van der Waals surface area contributed by atoms with Crippen LogP contribution in [0, 0.1) is 0 Å². The van der Waals surface area contributed by atoms with Crippen molar-refractivity contribution in [1.82, 2.24) is 10.0 Å². The quantitative estimate of drug-likeness (QED) is 0.752. The fourth-order valence-electron chi connectivity index (χ4n) is 1.21. The number of likely N-dealkylation sites (N-methyl/N-ethyl adjacent to an activating group) is 1. The standard InChI is InChI=1S/C10H18N2O2S2.ClH/c1-3-9-5-6-10(15-9)16(13,14)12-8-7-11-4-2;/h5-6,11-12H,3-4,7-8H2,1-2H3;1H. The molecule has 0 spiro atoms. The minimum Gasteiger partial charge on any atom is -0.316 e. The molecule has 1 aromatic rings. The molecule has 0 amide bonds. The normalized spacial score (nSPS) is 11.2. The van der Waals surface area contributed by atoms with Gasteiger partial charge < -0.3 is 5.32 Å². The Morgan fingerprint density at radius 1 is 1.24 bits per heavy atom. The van der Waals surface area contributed by atoms with E-state index in [-0.39, 0.29) is 12.4 Å². The second-order valence-corrected chi connectivity index (χ2v) is 6.49. The Balaban J connectivity index is 0.00000256. The van der Waals surface area contributed by atoms with Crippen molar-refractivity contribution in [3.8, 4) is 0 Å². The van der Waals surface area contributed by atoms with Crippen LogP contribution in [0.4, 0.5) is 0 Å². The highest BCUT2D eigenvalue weighted by atomic mass is 35.5. The van der Waals surface area contributed by atoms with Crippen LogP contribution >= 0.6 is 23.7 Å². The van der Waals surface area contributed by atoms with E-state index in [4.69, 9.17) is 0 Å². The molecule has 0 aliphatic carbocycles. The molecule has 0 aromatic carbocycles. The zero-order valence-corrected chi connectivity index (χ0v) is 12.5. The third-order valence-electron chi connectivity index (χ3n) is 2.09. The highest BCUT2D eigenvalue weighted by Crippen LogP contribution is 2.21. The van der Waals surface area contributed by atoms with Gasteiger partial charge in [-0.15, -0.1) is 23.7 Å². The minimum absolute atomic E-state index is 0. The Morgan fingerprint density at radius 2 is 1.94 bits per heavy atom. The van der Waals surface area contributed by atoms with Crippen LogP contribution in [0.15, 0.2) is 16.3 Å². The van der Waals surface area contributed by atoms with Gasteiger partial charge in [0.15, 0.2) is 0 Å². The van der Waals surface area contributed by atoms with Gasteiger partial charge in [0, 0.05) is 18.0 Å². The molecule has 1 aromatic heterocycles. The second-order valence-electron chi connectivity index (χ2n) is 3.33. The summed E-state index contributed by atoms with van der Waals surface area (Å²) in [6.07, 6.45) is 0.873. The molecule has 0 atom stereocenters. The van der Waals surface area contributed by atoms with Gasteiger partial charge in [0.1, 0.15) is 4.21 Å². The molecule has 7 heteroatoms. The van der Waals surface area contributed by atoms with Crippen LogP contribution in [0.25, 0.3) is 0 Å². The highest BCUT2D eigenvalue weighted by Gasteiger charge is 2.15. The van der Waals surface area contributed by atoms with Gasteiger partial charge in [-0.2, -0.15) is 0 Å². The van der Waals surface area contributed by atoms with Crippen LogP contribution in [0.1, 0.15) is 18.7 Å². The highest BCUT2D eigenvalue weighted by molar-refractivity contribution is 7.91. The third-order valence-corrected chi connectivity index (χ3v) is 5.28. The maximum atomic E-state index is 11.8. The summed E-state index contributed by atoms with van der Waals surface area (Å²) in [6, 6.07) is 3.53. The fourth-order valence-corrected chi connectivity index (χ4v) is 3.59. The Kier molecular flexibility index (Phi) is 7.98. The number of aryl methyl sites for hydroxylation is 1. The number of hydrogen-bond donors (Lipinski definition) is 2. The summed E-state index contributed by atoms with van der Waals surface area (Å²) < 4.78 is 26.6. The van der Waals surface area contributed by atoms with Crippen LogP contribution in [-0.4, -0.2) is 28.1 Å².